The first-order valence-corrected chi connectivity index (χ1v) is 19.8. The van der Waals surface area contributed by atoms with Crippen molar-refractivity contribution in [3.8, 4) is 67.5 Å². The predicted octanol–water partition coefficient (Wildman–Crippen LogP) is 12.6. The lowest BCUT2D eigenvalue weighted by atomic mass is 9.34. The van der Waals surface area contributed by atoms with Crippen molar-refractivity contribution in [3.63, 3.8) is 0 Å². The molecule has 0 fully saturated rings. The summed E-state index contributed by atoms with van der Waals surface area (Å²) in [5.74, 6) is 3.40. The number of ether oxygens (including phenoxy) is 2. The van der Waals surface area contributed by atoms with Crippen LogP contribution in [0.15, 0.2) is 218 Å². The fraction of sp³-hybridized carbons (Fsp3) is 0. The van der Waals surface area contributed by atoms with Gasteiger partial charge in [0, 0.05) is 33.7 Å². The number of hydrogen-bond donors (Lipinski definition) is 0. The average Bonchev–Trinajstić information content (AvgIpc) is 3.30. The van der Waals surface area contributed by atoms with Gasteiger partial charge in [-0.2, -0.15) is 0 Å². The van der Waals surface area contributed by atoms with Gasteiger partial charge in [-0.15, -0.1) is 0 Å². The topological polar surface area (TPSA) is 21.7 Å². The van der Waals surface area contributed by atoms with E-state index in [-0.39, 0.29) is 6.71 Å². The third kappa shape index (κ3) is 5.86. The van der Waals surface area contributed by atoms with Gasteiger partial charge in [0.2, 0.25) is 0 Å². The molecule has 272 valence electrons. The van der Waals surface area contributed by atoms with E-state index in [1.807, 2.05) is 0 Å². The second-order valence-corrected chi connectivity index (χ2v) is 14.8. The lowest BCUT2D eigenvalue weighted by Gasteiger charge is -2.35. The van der Waals surface area contributed by atoms with Gasteiger partial charge in [0.05, 0.1) is 0 Å². The molecule has 2 aliphatic heterocycles. The normalized spacial score (nSPS) is 12.0. The van der Waals surface area contributed by atoms with Crippen molar-refractivity contribution in [1.82, 2.24) is 0 Å². The zero-order chi connectivity index (χ0) is 38.4. The van der Waals surface area contributed by atoms with Crippen molar-refractivity contribution in [1.29, 1.82) is 0 Å². The largest absolute Gasteiger partial charge is 0.458 e. The standard InChI is InChI=1S/C54H36BNO2/c1-6-16-37(17-7-1)41-28-32-48-50(34-41)57-53-46(39-18-8-2-9-19-39)36-47(40-20-10-3-11-21-40)54-52(53)55(48)49-33-29-42(35-51(49)58-54)38-26-30-45(31-27-38)56(43-22-12-4-13-23-43)44-24-14-5-15-25-44/h1-36H. The Kier molecular flexibility index (Phi) is 8.26. The quantitative estimate of drug-likeness (QED) is 0.152. The number of fused-ring (bicyclic) bond motifs is 4. The van der Waals surface area contributed by atoms with Gasteiger partial charge in [-0.3, -0.25) is 0 Å². The van der Waals surface area contributed by atoms with Crippen LogP contribution in [0.2, 0.25) is 0 Å². The molecule has 3 nitrogen and oxygen atoms in total. The summed E-state index contributed by atoms with van der Waals surface area (Å²) in [6, 6.07) is 77.1. The third-order valence-electron chi connectivity index (χ3n) is 11.4. The molecule has 0 saturated heterocycles. The van der Waals surface area contributed by atoms with Crippen molar-refractivity contribution in [2.45, 2.75) is 0 Å². The van der Waals surface area contributed by atoms with Gasteiger partial charge in [0.15, 0.2) is 0 Å². The first kappa shape index (κ1) is 33.8. The van der Waals surface area contributed by atoms with Crippen molar-refractivity contribution >= 4 is 40.2 Å². The number of para-hydroxylation sites is 2. The monoisotopic (exact) mass is 741 g/mol. The maximum absolute atomic E-state index is 7.16. The molecule has 0 saturated carbocycles. The molecule has 0 N–H and O–H groups in total. The highest BCUT2D eigenvalue weighted by molar-refractivity contribution is 6.98. The highest BCUT2D eigenvalue weighted by Crippen LogP contribution is 2.47. The lowest BCUT2D eigenvalue weighted by molar-refractivity contribution is 0.467. The molecule has 0 aromatic heterocycles. The van der Waals surface area contributed by atoms with E-state index in [1.165, 1.54) is 0 Å². The fourth-order valence-corrected chi connectivity index (χ4v) is 8.63. The summed E-state index contributed by atoms with van der Waals surface area (Å²) in [4.78, 5) is 2.29. The van der Waals surface area contributed by atoms with Gasteiger partial charge in [-0.05, 0) is 98.9 Å². The molecule has 2 aliphatic rings. The summed E-state index contributed by atoms with van der Waals surface area (Å²) in [7, 11) is 0. The van der Waals surface area contributed by atoms with Crippen LogP contribution < -0.4 is 30.8 Å². The number of anilines is 3. The molecular formula is C54H36BNO2. The summed E-state index contributed by atoms with van der Waals surface area (Å²) in [6.45, 7) is -0.102. The number of rotatable bonds is 7. The van der Waals surface area contributed by atoms with Crippen LogP contribution in [0.1, 0.15) is 0 Å². The van der Waals surface area contributed by atoms with E-state index in [0.29, 0.717) is 0 Å². The van der Waals surface area contributed by atoms with Crippen LogP contribution in [0.25, 0.3) is 44.5 Å². The Morgan fingerprint density at radius 3 is 1.12 bits per heavy atom. The molecule has 0 aliphatic carbocycles. The highest BCUT2D eigenvalue weighted by Gasteiger charge is 2.43. The van der Waals surface area contributed by atoms with E-state index in [2.05, 4.69) is 223 Å². The molecule has 0 bridgehead atoms. The molecular weight excluding hydrogens is 705 g/mol. The number of benzene rings is 9. The Morgan fingerprint density at radius 1 is 0.310 bits per heavy atom. The van der Waals surface area contributed by atoms with Crippen LogP contribution in [0.5, 0.6) is 23.0 Å². The SMILES string of the molecule is c1ccc(-c2ccc3c(c2)Oc2c(-c4ccccc4)cc(-c4ccccc4)c4c2B3c2ccc(-c3ccc(N(c5ccccc5)c5ccccc5)cc3)cc2O4)cc1. The molecule has 0 radical (unpaired) electrons. The van der Waals surface area contributed by atoms with Crippen LogP contribution in [0, 0.1) is 0 Å². The molecule has 0 spiro atoms. The van der Waals surface area contributed by atoms with Gasteiger partial charge in [0.1, 0.15) is 23.0 Å². The Labute approximate surface area is 339 Å². The van der Waals surface area contributed by atoms with E-state index < -0.39 is 0 Å². The summed E-state index contributed by atoms with van der Waals surface area (Å²) >= 11 is 0. The molecule has 2 heterocycles. The second kappa shape index (κ2) is 14.2. The van der Waals surface area contributed by atoms with Gasteiger partial charge in [0.25, 0.3) is 6.71 Å². The Hall–Kier alpha value is -7.56. The summed E-state index contributed by atoms with van der Waals surface area (Å²) in [5, 5.41) is 0. The zero-order valence-electron chi connectivity index (χ0n) is 31.6. The average molecular weight is 742 g/mol. The second-order valence-electron chi connectivity index (χ2n) is 14.8. The van der Waals surface area contributed by atoms with E-state index in [1.54, 1.807) is 0 Å². The van der Waals surface area contributed by atoms with Crippen molar-refractivity contribution in [2.75, 3.05) is 4.90 Å². The molecule has 0 unspecified atom stereocenters. The van der Waals surface area contributed by atoms with Crippen LogP contribution in [0.3, 0.4) is 0 Å². The minimum atomic E-state index is -0.102. The first-order chi connectivity index (χ1) is 28.8. The van der Waals surface area contributed by atoms with Gasteiger partial charge in [-0.25, -0.2) is 0 Å². The molecule has 9 aromatic carbocycles. The van der Waals surface area contributed by atoms with E-state index in [0.717, 1.165) is 101 Å². The lowest BCUT2D eigenvalue weighted by Crippen LogP contribution is -2.57. The smallest absolute Gasteiger partial charge is 0.260 e. The molecule has 0 amide bonds. The van der Waals surface area contributed by atoms with E-state index >= 15 is 0 Å². The van der Waals surface area contributed by atoms with Gasteiger partial charge < -0.3 is 14.4 Å². The first-order valence-electron chi connectivity index (χ1n) is 19.8. The fourth-order valence-electron chi connectivity index (χ4n) is 8.63. The summed E-state index contributed by atoms with van der Waals surface area (Å²) < 4.78 is 14.2. The molecule has 11 rings (SSSR count). The molecule has 0 atom stereocenters. The minimum Gasteiger partial charge on any atom is -0.458 e. The van der Waals surface area contributed by atoms with Crippen molar-refractivity contribution < 1.29 is 9.47 Å². The number of hydrogen-bond acceptors (Lipinski definition) is 3. The Bertz CT molecular complexity index is 2880. The summed E-state index contributed by atoms with van der Waals surface area (Å²) in [6.07, 6.45) is 0. The zero-order valence-corrected chi connectivity index (χ0v) is 31.6. The van der Waals surface area contributed by atoms with Crippen LogP contribution in [0.4, 0.5) is 17.1 Å². The van der Waals surface area contributed by atoms with Gasteiger partial charge in [-0.1, -0.05) is 164 Å². The predicted molar refractivity (Wildman–Crippen MR) is 241 cm³/mol. The number of nitrogens with zero attached hydrogens (tertiary/aromatic N) is 1. The maximum atomic E-state index is 7.16. The third-order valence-corrected chi connectivity index (χ3v) is 11.4. The molecule has 4 heteroatoms. The maximum Gasteiger partial charge on any atom is 0.260 e. The Morgan fingerprint density at radius 2 is 0.672 bits per heavy atom. The minimum absolute atomic E-state index is 0.102. The Balaban J connectivity index is 1.07. The van der Waals surface area contributed by atoms with E-state index in [9.17, 15) is 0 Å². The van der Waals surface area contributed by atoms with E-state index in [4.69, 9.17) is 9.47 Å². The van der Waals surface area contributed by atoms with Crippen molar-refractivity contribution in [3.05, 3.63) is 218 Å². The van der Waals surface area contributed by atoms with Crippen LogP contribution in [-0.4, -0.2) is 6.71 Å². The molecule has 9 aromatic rings. The van der Waals surface area contributed by atoms with Gasteiger partial charge >= 0.3 is 0 Å². The van der Waals surface area contributed by atoms with Crippen LogP contribution in [-0.2, 0) is 0 Å². The van der Waals surface area contributed by atoms with Crippen LogP contribution >= 0.6 is 0 Å². The van der Waals surface area contributed by atoms with Crippen molar-refractivity contribution in [2.24, 2.45) is 0 Å². The highest BCUT2D eigenvalue weighted by atomic mass is 16.5. The summed E-state index contributed by atoms with van der Waals surface area (Å²) in [5.41, 5.74) is 15.4. The molecule has 58 heavy (non-hydrogen) atoms.